The molecule has 176 valence electrons. The molecule has 2 aliphatic heterocycles. The molecule has 7 nitrogen and oxygen atoms in total. The summed E-state index contributed by atoms with van der Waals surface area (Å²) in [7, 11) is 30.1. The first-order valence-electron chi connectivity index (χ1n) is 10.7. The molecule has 0 bridgehead atoms. The van der Waals surface area contributed by atoms with Crippen LogP contribution < -0.4 is 10.6 Å². The zero-order chi connectivity index (χ0) is 27.6. The first kappa shape index (κ1) is 27.0. The van der Waals surface area contributed by atoms with Crippen LogP contribution in [-0.2, 0) is 32.2 Å². The number of benzene rings is 2. The van der Waals surface area contributed by atoms with Crippen molar-refractivity contribution in [2.75, 3.05) is 0 Å². The molecule has 4 amide bonds. The van der Waals surface area contributed by atoms with Crippen LogP contribution in [0.3, 0.4) is 0 Å². The average molecular weight is 511 g/mol. The lowest BCUT2D eigenvalue weighted by atomic mass is 9.36. The van der Waals surface area contributed by atoms with Crippen LogP contribution in [0.25, 0.3) is 0 Å². The van der Waals surface area contributed by atoms with Gasteiger partial charge in [-0.15, -0.1) is 0 Å². The van der Waals surface area contributed by atoms with E-state index in [-0.39, 0.29) is 28.3 Å². The standard InChI is InChI=1S/C22H13B5ClF2N3O4/c23-19(24)8-15(34)31-18(37)21(19,25)33-9-10-7-12(3-6-14(10)16(33)35)22(26,27)32-17(36)20(29,30)11-1-4-13(28)5-2-11/h1-7H,8-9H2,(H,32,36)(H,31,34,37). The quantitative estimate of drug-likeness (QED) is 0.438. The lowest BCUT2D eigenvalue weighted by Crippen LogP contribution is -2.70. The van der Waals surface area contributed by atoms with E-state index in [1.165, 1.54) is 30.3 Å². The predicted molar refractivity (Wildman–Crippen MR) is 133 cm³/mol. The van der Waals surface area contributed by atoms with E-state index in [0.717, 1.165) is 17.0 Å². The molecule has 2 aromatic carbocycles. The molecule has 1 saturated heterocycles. The zero-order valence-electron chi connectivity index (χ0n) is 19.1. The number of rotatable bonds is 5. The minimum Gasteiger partial charge on any atom is -0.358 e. The van der Waals surface area contributed by atoms with Crippen molar-refractivity contribution in [1.82, 2.24) is 15.5 Å². The summed E-state index contributed by atoms with van der Waals surface area (Å²) in [6.07, 6.45) is -0.539. The van der Waals surface area contributed by atoms with Crippen molar-refractivity contribution in [3.8, 4) is 0 Å². The number of hydrogen-bond donors (Lipinski definition) is 2. The summed E-state index contributed by atoms with van der Waals surface area (Å²) in [6.45, 7) is -0.304. The fourth-order valence-corrected chi connectivity index (χ4v) is 4.37. The van der Waals surface area contributed by atoms with Gasteiger partial charge in [-0.25, -0.2) is 0 Å². The molecule has 10 radical (unpaired) electrons. The van der Waals surface area contributed by atoms with Crippen LogP contribution in [0.4, 0.5) is 8.78 Å². The topological polar surface area (TPSA) is 95.6 Å². The zero-order valence-corrected chi connectivity index (χ0v) is 19.8. The molecular formula is C22H13B5ClF2N3O4. The minimum absolute atomic E-state index is 0.0396. The van der Waals surface area contributed by atoms with Gasteiger partial charge in [0.2, 0.25) is 11.8 Å². The Hall–Kier alpha value is -3.01. The molecule has 37 heavy (non-hydrogen) atoms. The molecule has 0 saturated carbocycles. The van der Waals surface area contributed by atoms with Gasteiger partial charge in [0, 0.05) is 29.1 Å². The monoisotopic (exact) mass is 511 g/mol. The van der Waals surface area contributed by atoms with E-state index >= 15 is 0 Å². The number of fused-ring (bicyclic) bond motifs is 1. The maximum absolute atomic E-state index is 14.7. The number of carbonyl (C=O) groups is 4. The van der Waals surface area contributed by atoms with Crippen LogP contribution in [0.15, 0.2) is 42.5 Å². The van der Waals surface area contributed by atoms with Crippen LogP contribution in [0, 0.1) is 0 Å². The Morgan fingerprint density at radius 2 is 1.62 bits per heavy atom. The van der Waals surface area contributed by atoms with Crippen molar-refractivity contribution in [3.63, 3.8) is 0 Å². The highest BCUT2D eigenvalue weighted by Gasteiger charge is 2.56. The third kappa shape index (κ3) is 4.39. The van der Waals surface area contributed by atoms with Crippen LogP contribution in [0.2, 0.25) is 10.2 Å². The van der Waals surface area contributed by atoms with Gasteiger partial charge in [-0.2, -0.15) is 8.78 Å². The number of nitrogens with zero attached hydrogens (tertiary/aromatic N) is 1. The third-order valence-electron chi connectivity index (χ3n) is 6.39. The Balaban J connectivity index is 1.60. The molecule has 1 fully saturated rings. The minimum atomic E-state index is -4.00. The van der Waals surface area contributed by atoms with E-state index in [0.29, 0.717) is 0 Å². The van der Waals surface area contributed by atoms with E-state index in [2.05, 4.69) is 0 Å². The normalized spacial score (nSPS) is 21.4. The van der Waals surface area contributed by atoms with Gasteiger partial charge in [0.25, 0.3) is 11.8 Å². The highest BCUT2D eigenvalue weighted by atomic mass is 35.5. The van der Waals surface area contributed by atoms with Gasteiger partial charge < -0.3 is 10.2 Å². The van der Waals surface area contributed by atoms with Crippen molar-refractivity contribution in [2.45, 2.75) is 34.9 Å². The second-order valence-corrected chi connectivity index (χ2v) is 9.46. The Labute approximate surface area is 222 Å². The number of carbonyl (C=O) groups excluding carboxylic acids is 4. The molecule has 1 unspecified atom stereocenters. The van der Waals surface area contributed by atoms with Crippen LogP contribution >= 0.6 is 11.6 Å². The number of nitrogens with one attached hydrogen (secondary N) is 2. The van der Waals surface area contributed by atoms with E-state index in [9.17, 15) is 28.0 Å². The highest BCUT2D eigenvalue weighted by Crippen LogP contribution is 2.44. The molecule has 2 aliphatic rings. The van der Waals surface area contributed by atoms with Crippen LogP contribution in [0.1, 0.15) is 33.5 Å². The summed E-state index contributed by atoms with van der Waals surface area (Å²) in [5.41, 5.74) is -2.66. The van der Waals surface area contributed by atoms with Gasteiger partial charge in [0.05, 0.1) is 36.8 Å². The van der Waals surface area contributed by atoms with Gasteiger partial charge in [0.15, 0.2) is 0 Å². The number of amides is 4. The molecule has 2 N–H and O–H groups in total. The number of alkyl halides is 2. The maximum atomic E-state index is 14.7. The first-order valence-corrected chi connectivity index (χ1v) is 11.1. The van der Waals surface area contributed by atoms with Crippen LogP contribution in [-0.4, -0.2) is 73.2 Å². The fourth-order valence-electron chi connectivity index (χ4n) is 4.24. The largest absolute Gasteiger partial charge is 0.358 e. The Bertz CT molecular complexity index is 1340. The van der Waals surface area contributed by atoms with Crippen molar-refractivity contribution in [3.05, 3.63) is 69.7 Å². The van der Waals surface area contributed by atoms with Gasteiger partial charge in [-0.1, -0.05) is 41.1 Å². The molecule has 0 spiro atoms. The summed E-state index contributed by atoms with van der Waals surface area (Å²) in [5.74, 6) is -8.34. The molecule has 2 aromatic rings. The van der Waals surface area contributed by atoms with Crippen LogP contribution in [0.5, 0.6) is 0 Å². The maximum Gasteiger partial charge on any atom is 0.349 e. The van der Waals surface area contributed by atoms with E-state index in [1.54, 1.807) is 0 Å². The number of hydrogen-bond acceptors (Lipinski definition) is 4. The molecule has 4 rings (SSSR count). The predicted octanol–water partition coefficient (Wildman–Crippen LogP) is 0.0158. The Morgan fingerprint density at radius 1 is 1.03 bits per heavy atom. The second kappa shape index (κ2) is 8.79. The average Bonchev–Trinajstić information content (AvgIpc) is 3.13. The third-order valence-corrected chi connectivity index (χ3v) is 6.64. The smallest absolute Gasteiger partial charge is 0.349 e. The Morgan fingerprint density at radius 3 is 2.22 bits per heavy atom. The molecule has 0 aromatic heterocycles. The van der Waals surface area contributed by atoms with E-state index in [4.69, 9.17) is 50.8 Å². The summed E-state index contributed by atoms with van der Waals surface area (Å²) in [4.78, 5) is 50.8. The van der Waals surface area contributed by atoms with Gasteiger partial charge >= 0.3 is 5.92 Å². The molecule has 0 aliphatic carbocycles. The molecule has 15 heteroatoms. The van der Waals surface area contributed by atoms with Crippen molar-refractivity contribution < 1.29 is 28.0 Å². The highest BCUT2D eigenvalue weighted by molar-refractivity contribution is 6.52. The van der Waals surface area contributed by atoms with Gasteiger partial charge in [-0.05, 0) is 34.7 Å². The summed E-state index contributed by atoms with van der Waals surface area (Å²) in [6, 6.07) is 8.17. The number of imide groups is 1. The first-order chi connectivity index (χ1) is 17.0. The number of halogens is 3. The summed E-state index contributed by atoms with van der Waals surface area (Å²) in [5, 5.41) is -0.270. The van der Waals surface area contributed by atoms with Gasteiger partial charge in [-0.3, -0.25) is 24.5 Å². The molecule has 2 heterocycles. The molecule has 1 atom stereocenters. The van der Waals surface area contributed by atoms with E-state index in [1.807, 2.05) is 10.6 Å². The van der Waals surface area contributed by atoms with Gasteiger partial charge in [0.1, 0.15) is 7.85 Å². The van der Waals surface area contributed by atoms with Crippen molar-refractivity contribution in [1.29, 1.82) is 0 Å². The van der Waals surface area contributed by atoms with E-state index < -0.39 is 57.5 Å². The fraction of sp³-hybridized carbons (Fsp3) is 0.273. The van der Waals surface area contributed by atoms with Crippen molar-refractivity contribution in [2.24, 2.45) is 0 Å². The SMILES string of the molecule is [B]C([B])(NC(=O)C(F)(F)c1ccc(Cl)cc1)c1ccc2c(c1)CN(C1([B])C(=O)NC(=O)CC1([B])[B])C2=O. The lowest BCUT2D eigenvalue weighted by molar-refractivity contribution is -0.147. The summed E-state index contributed by atoms with van der Waals surface area (Å²) < 4.78 is 29.4. The second-order valence-electron chi connectivity index (χ2n) is 9.03. The molecular weight excluding hydrogens is 498 g/mol. The Kier molecular flexibility index (Phi) is 6.42. The lowest BCUT2D eigenvalue weighted by Gasteiger charge is -2.52. The van der Waals surface area contributed by atoms with Crippen molar-refractivity contribution >= 4 is 74.5 Å². The number of piperidine rings is 1. The summed E-state index contributed by atoms with van der Waals surface area (Å²) >= 11 is 5.71.